The molecule has 0 aliphatic rings. The van der Waals surface area contributed by atoms with Crippen molar-refractivity contribution in [3.8, 4) is 0 Å². The Morgan fingerprint density at radius 3 is 2.60 bits per heavy atom. The molecule has 0 aromatic rings. The normalized spacial score (nSPS) is 10.3. The standard InChI is InChI=1S/C11H19NO3/c1-3-7-10(13)12-9-6-4-5-8-11(14)15-2/h3,7H,4-6,8-9H2,1-2H3,(H,12,13)/b7-3+. The second kappa shape index (κ2) is 9.24. The summed E-state index contributed by atoms with van der Waals surface area (Å²) >= 11 is 0. The summed E-state index contributed by atoms with van der Waals surface area (Å²) in [6, 6.07) is 0. The van der Waals surface area contributed by atoms with Gasteiger partial charge in [0, 0.05) is 13.0 Å². The molecular formula is C11H19NO3. The van der Waals surface area contributed by atoms with E-state index in [1.807, 2.05) is 0 Å². The van der Waals surface area contributed by atoms with Gasteiger partial charge in [0.1, 0.15) is 0 Å². The van der Waals surface area contributed by atoms with Gasteiger partial charge in [-0.1, -0.05) is 12.5 Å². The molecule has 0 aromatic carbocycles. The maximum absolute atomic E-state index is 11.0. The van der Waals surface area contributed by atoms with E-state index in [2.05, 4.69) is 10.1 Å². The Balaban J connectivity index is 3.25. The van der Waals surface area contributed by atoms with E-state index in [0.29, 0.717) is 13.0 Å². The van der Waals surface area contributed by atoms with Crippen LogP contribution in [0.4, 0.5) is 0 Å². The maximum Gasteiger partial charge on any atom is 0.305 e. The summed E-state index contributed by atoms with van der Waals surface area (Å²) in [6.45, 7) is 2.46. The highest BCUT2D eigenvalue weighted by atomic mass is 16.5. The number of rotatable bonds is 7. The predicted molar refractivity (Wildman–Crippen MR) is 58.3 cm³/mol. The average molecular weight is 213 g/mol. The van der Waals surface area contributed by atoms with Crippen LogP contribution in [0.15, 0.2) is 12.2 Å². The van der Waals surface area contributed by atoms with Gasteiger partial charge in [0.2, 0.25) is 5.91 Å². The summed E-state index contributed by atoms with van der Waals surface area (Å²) in [6.07, 6.45) is 6.28. The van der Waals surface area contributed by atoms with E-state index in [1.165, 1.54) is 13.2 Å². The highest BCUT2D eigenvalue weighted by Gasteiger charge is 1.99. The Kier molecular flexibility index (Phi) is 8.43. The number of hydrogen-bond acceptors (Lipinski definition) is 3. The minimum absolute atomic E-state index is 0.0644. The highest BCUT2D eigenvalue weighted by molar-refractivity contribution is 5.87. The summed E-state index contributed by atoms with van der Waals surface area (Å²) in [4.78, 5) is 21.7. The molecule has 86 valence electrons. The molecule has 0 atom stereocenters. The van der Waals surface area contributed by atoms with Gasteiger partial charge in [-0.25, -0.2) is 0 Å². The van der Waals surface area contributed by atoms with Crippen LogP contribution in [0.3, 0.4) is 0 Å². The van der Waals surface area contributed by atoms with Gasteiger partial charge in [-0.3, -0.25) is 9.59 Å². The second-order valence-corrected chi connectivity index (χ2v) is 3.18. The molecule has 0 aliphatic heterocycles. The molecule has 0 aliphatic carbocycles. The number of esters is 1. The van der Waals surface area contributed by atoms with Crippen molar-refractivity contribution >= 4 is 11.9 Å². The number of carbonyl (C=O) groups excluding carboxylic acids is 2. The van der Waals surface area contributed by atoms with Crippen molar-refractivity contribution in [2.24, 2.45) is 0 Å². The molecule has 1 N–H and O–H groups in total. The van der Waals surface area contributed by atoms with E-state index >= 15 is 0 Å². The SMILES string of the molecule is C/C=C/C(=O)NCCCCCC(=O)OC. The van der Waals surface area contributed by atoms with Gasteiger partial charge in [0.25, 0.3) is 0 Å². The van der Waals surface area contributed by atoms with Crippen LogP contribution in [-0.2, 0) is 14.3 Å². The van der Waals surface area contributed by atoms with Crippen LogP contribution in [0, 0.1) is 0 Å². The van der Waals surface area contributed by atoms with Gasteiger partial charge in [-0.15, -0.1) is 0 Å². The summed E-state index contributed by atoms with van der Waals surface area (Å²) in [5.41, 5.74) is 0. The Bertz CT molecular complexity index is 224. The van der Waals surface area contributed by atoms with Gasteiger partial charge in [-0.2, -0.15) is 0 Å². The lowest BCUT2D eigenvalue weighted by Crippen LogP contribution is -2.21. The molecule has 0 heterocycles. The number of allylic oxidation sites excluding steroid dienone is 1. The van der Waals surface area contributed by atoms with Crippen LogP contribution < -0.4 is 5.32 Å². The first kappa shape index (κ1) is 13.7. The van der Waals surface area contributed by atoms with Crippen LogP contribution in [0.2, 0.25) is 0 Å². The number of hydrogen-bond donors (Lipinski definition) is 1. The van der Waals surface area contributed by atoms with Crippen LogP contribution >= 0.6 is 0 Å². The van der Waals surface area contributed by atoms with E-state index in [1.54, 1.807) is 13.0 Å². The molecular weight excluding hydrogens is 194 g/mol. The minimum Gasteiger partial charge on any atom is -0.469 e. The van der Waals surface area contributed by atoms with Crippen LogP contribution in [0.25, 0.3) is 0 Å². The van der Waals surface area contributed by atoms with Gasteiger partial charge in [0.05, 0.1) is 7.11 Å². The maximum atomic E-state index is 11.0. The van der Waals surface area contributed by atoms with E-state index in [-0.39, 0.29) is 11.9 Å². The summed E-state index contributed by atoms with van der Waals surface area (Å²) in [5.74, 6) is -0.238. The Hall–Kier alpha value is -1.32. The molecule has 4 nitrogen and oxygen atoms in total. The molecule has 0 spiro atoms. The predicted octanol–water partition coefficient (Wildman–Crippen LogP) is 1.41. The van der Waals surface area contributed by atoms with E-state index in [9.17, 15) is 9.59 Å². The third-order valence-corrected chi connectivity index (χ3v) is 1.90. The average Bonchev–Trinajstić information content (AvgIpc) is 2.23. The number of nitrogens with one attached hydrogen (secondary N) is 1. The summed E-state index contributed by atoms with van der Waals surface area (Å²) in [5, 5.41) is 2.74. The molecule has 4 heteroatoms. The van der Waals surface area contributed by atoms with Crippen LogP contribution in [0.5, 0.6) is 0 Å². The van der Waals surface area contributed by atoms with Crippen molar-refractivity contribution in [3.63, 3.8) is 0 Å². The Morgan fingerprint density at radius 1 is 1.27 bits per heavy atom. The molecule has 0 fully saturated rings. The van der Waals surface area contributed by atoms with Crippen molar-refractivity contribution in [2.45, 2.75) is 32.6 Å². The first-order chi connectivity index (χ1) is 7.20. The molecule has 0 rings (SSSR count). The lowest BCUT2D eigenvalue weighted by Gasteiger charge is -2.01. The summed E-state index contributed by atoms with van der Waals surface area (Å²) < 4.78 is 4.51. The smallest absolute Gasteiger partial charge is 0.305 e. The van der Waals surface area contributed by atoms with Crippen molar-refractivity contribution < 1.29 is 14.3 Å². The van der Waals surface area contributed by atoms with Crippen LogP contribution in [-0.4, -0.2) is 25.5 Å². The third-order valence-electron chi connectivity index (χ3n) is 1.90. The third kappa shape index (κ3) is 9.00. The summed E-state index contributed by atoms with van der Waals surface area (Å²) in [7, 11) is 1.39. The lowest BCUT2D eigenvalue weighted by atomic mass is 10.2. The fraction of sp³-hybridized carbons (Fsp3) is 0.636. The number of ether oxygens (including phenoxy) is 1. The van der Waals surface area contributed by atoms with Gasteiger partial charge >= 0.3 is 5.97 Å². The second-order valence-electron chi connectivity index (χ2n) is 3.18. The van der Waals surface area contributed by atoms with Gasteiger partial charge in [-0.05, 0) is 25.8 Å². The monoisotopic (exact) mass is 213 g/mol. The first-order valence-electron chi connectivity index (χ1n) is 5.18. The van der Waals surface area contributed by atoms with Crippen molar-refractivity contribution in [2.75, 3.05) is 13.7 Å². The molecule has 0 saturated carbocycles. The van der Waals surface area contributed by atoms with Crippen molar-refractivity contribution in [1.82, 2.24) is 5.32 Å². The van der Waals surface area contributed by atoms with E-state index < -0.39 is 0 Å². The zero-order chi connectivity index (χ0) is 11.5. The fourth-order valence-electron chi connectivity index (χ4n) is 1.10. The number of methoxy groups -OCH3 is 1. The molecule has 0 saturated heterocycles. The van der Waals surface area contributed by atoms with Crippen molar-refractivity contribution in [3.05, 3.63) is 12.2 Å². The molecule has 0 bridgehead atoms. The lowest BCUT2D eigenvalue weighted by molar-refractivity contribution is -0.140. The molecule has 15 heavy (non-hydrogen) atoms. The number of carbonyl (C=O) groups is 2. The molecule has 0 unspecified atom stereocenters. The fourth-order valence-corrected chi connectivity index (χ4v) is 1.10. The number of unbranched alkanes of at least 4 members (excludes halogenated alkanes) is 2. The van der Waals surface area contributed by atoms with Crippen molar-refractivity contribution in [1.29, 1.82) is 0 Å². The zero-order valence-corrected chi connectivity index (χ0v) is 9.41. The Labute approximate surface area is 90.7 Å². The first-order valence-corrected chi connectivity index (χ1v) is 5.18. The number of amides is 1. The van der Waals surface area contributed by atoms with Gasteiger partial charge in [0.15, 0.2) is 0 Å². The van der Waals surface area contributed by atoms with E-state index in [4.69, 9.17) is 0 Å². The minimum atomic E-state index is -0.173. The Morgan fingerprint density at radius 2 is 2.00 bits per heavy atom. The van der Waals surface area contributed by atoms with E-state index in [0.717, 1.165) is 19.3 Å². The molecule has 0 radical (unpaired) electrons. The topological polar surface area (TPSA) is 55.4 Å². The quantitative estimate of drug-likeness (QED) is 0.395. The van der Waals surface area contributed by atoms with Gasteiger partial charge < -0.3 is 10.1 Å². The largest absolute Gasteiger partial charge is 0.469 e. The zero-order valence-electron chi connectivity index (χ0n) is 9.41. The van der Waals surface area contributed by atoms with Crippen LogP contribution in [0.1, 0.15) is 32.6 Å². The molecule has 1 amide bonds. The highest BCUT2D eigenvalue weighted by Crippen LogP contribution is 1.99. The molecule has 0 aromatic heterocycles.